The van der Waals surface area contributed by atoms with Crippen molar-refractivity contribution in [2.45, 2.75) is 25.8 Å². The Balaban J connectivity index is 2.18. The normalized spacial score (nSPS) is 19.2. The minimum absolute atomic E-state index is 0.478. The molecule has 2 heterocycles. The van der Waals surface area contributed by atoms with Gasteiger partial charge in [0.15, 0.2) is 0 Å². The smallest absolute Gasteiger partial charge is 0.145 e. The predicted molar refractivity (Wildman–Crippen MR) is 50.5 cm³/mol. The fraction of sp³-hybridized carbons (Fsp3) is 0.667. The average Bonchev–Trinajstić information content (AvgIpc) is 2.47. The number of hydrogen-bond donors (Lipinski definition) is 1. The van der Waals surface area contributed by atoms with Crippen LogP contribution in [0.15, 0.2) is 6.07 Å². The van der Waals surface area contributed by atoms with Gasteiger partial charge in [0, 0.05) is 25.0 Å². The van der Waals surface area contributed by atoms with Crippen LogP contribution >= 0.6 is 0 Å². The lowest BCUT2D eigenvalue weighted by Crippen LogP contribution is -2.21. The highest BCUT2D eigenvalue weighted by molar-refractivity contribution is 5.29. The molecule has 0 atom stereocenters. The second kappa shape index (κ2) is 3.38. The summed E-state index contributed by atoms with van der Waals surface area (Å²) in [7, 11) is 0. The second-order valence-corrected chi connectivity index (χ2v) is 3.50. The molecule has 1 saturated heterocycles. The summed E-state index contributed by atoms with van der Waals surface area (Å²) in [6.45, 7) is 3.71. The molecule has 0 unspecified atom stereocenters. The highest BCUT2D eigenvalue weighted by Crippen LogP contribution is 2.22. The predicted octanol–water partition coefficient (Wildman–Crippen LogP) is 1.13. The number of anilines is 1. The van der Waals surface area contributed by atoms with Gasteiger partial charge in [-0.1, -0.05) is 0 Å². The van der Waals surface area contributed by atoms with E-state index < -0.39 is 0 Å². The topological polar surface area (TPSA) is 53.1 Å². The Labute approximate surface area is 77.7 Å². The first kappa shape index (κ1) is 8.56. The summed E-state index contributed by atoms with van der Waals surface area (Å²) in [6.07, 6.45) is 2.09. The van der Waals surface area contributed by atoms with Crippen LogP contribution in [0.3, 0.4) is 0 Å². The Morgan fingerprint density at radius 1 is 1.54 bits per heavy atom. The van der Waals surface area contributed by atoms with Gasteiger partial charge >= 0.3 is 0 Å². The number of nitrogens with two attached hydrogens (primary N) is 1. The van der Waals surface area contributed by atoms with Crippen LogP contribution in [0.25, 0.3) is 0 Å². The molecule has 2 N–H and O–H groups in total. The molecule has 1 aliphatic rings. The van der Waals surface area contributed by atoms with E-state index in [0.29, 0.717) is 11.9 Å². The third kappa shape index (κ3) is 1.67. The first-order chi connectivity index (χ1) is 6.27. The molecule has 72 valence electrons. The molecule has 0 amide bonds. The molecule has 2 rings (SSSR count). The first-order valence-electron chi connectivity index (χ1n) is 4.67. The van der Waals surface area contributed by atoms with Gasteiger partial charge in [-0.2, -0.15) is 5.10 Å². The fourth-order valence-electron chi connectivity index (χ4n) is 1.81. The van der Waals surface area contributed by atoms with E-state index in [1.54, 1.807) is 0 Å². The van der Waals surface area contributed by atoms with Crippen molar-refractivity contribution in [1.82, 2.24) is 9.78 Å². The molecule has 0 saturated carbocycles. The van der Waals surface area contributed by atoms with E-state index >= 15 is 0 Å². The molecule has 0 bridgehead atoms. The van der Waals surface area contributed by atoms with Crippen LogP contribution in [-0.4, -0.2) is 23.0 Å². The Hall–Kier alpha value is -1.03. The van der Waals surface area contributed by atoms with Gasteiger partial charge < -0.3 is 10.5 Å². The zero-order valence-corrected chi connectivity index (χ0v) is 7.86. The van der Waals surface area contributed by atoms with Crippen molar-refractivity contribution in [1.29, 1.82) is 0 Å². The summed E-state index contributed by atoms with van der Waals surface area (Å²) in [5, 5.41) is 4.27. The zero-order valence-electron chi connectivity index (χ0n) is 7.86. The van der Waals surface area contributed by atoms with E-state index in [1.165, 1.54) is 0 Å². The third-order valence-electron chi connectivity index (χ3n) is 2.48. The number of ether oxygens (including phenoxy) is 1. The molecule has 0 spiro atoms. The minimum Gasteiger partial charge on any atom is -0.382 e. The number of nitrogen functional groups attached to an aromatic ring is 1. The van der Waals surface area contributed by atoms with Gasteiger partial charge in [0.25, 0.3) is 0 Å². The quantitative estimate of drug-likeness (QED) is 0.706. The lowest BCUT2D eigenvalue weighted by molar-refractivity contribution is 0.0657. The standard InChI is InChI=1S/C9H15N3O/c1-7-6-9(10)11-12(7)8-2-4-13-5-3-8/h6,8H,2-5H2,1H3,(H2,10,11). The Kier molecular flexibility index (Phi) is 2.22. The van der Waals surface area contributed by atoms with Gasteiger partial charge in [0.2, 0.25) is 0 Å². The number of rotatable bonds is 1. The van der Waals surface area contributed by atoms with Crippen molar-refractivity contribution in [2.24, 2.45) is 0 Å². The average molecular weight is 181 g/mol. The van der Waals surface area contributed by atoms with Crippen molar-refractivity contribution in [2.75, 3.05) is 18.9 Å². The summed E-state index contributed by atoms with van der Waals surface area (Å²) < 4.78 is 7.32. The van der Waals surface area contributed by atoms with Crippen LogP contribution in [0.4, 0.5) is 5.82 Å². The maximum Gasteiger partial charge on any atom is 0.145 e. The molecule has 1 fully saturated rings. The van der Waals surface area contributed by atoms with E-state index in [-0.39, 0.29) is 0 Å². The van der Waals surface area contributed by atoms with E-state index in [1.807, 2.05) is 17.7 Å². The van der Waals surface area contributed by atoms with Crippen LogP contribution in [0.5, 0.6) is 0 Å². The summed E-state index contributed by atoms with van der Waals surface area (Å²) in [5.41, 5.74) is 6.77. The van der Waals surface area contributed by atoms with Crippen molar-refractivity contribution < 1.29 is 4.74 Å². The highest BCUT2D eigenvalue weighted by atomic mass is 16.5. The summed E-state index contributed by atoms with van der Waals surface area (Å²) in [4.78, 5) is 0. The number of aryl methyl sites for hydroxylation is 1. The maximum absolute atomic E-state index is 5.62. The van der Waals surface area contributed by atoms with Gasteiger partial charge in [0.05, 0.1) is 6.04 Å². The molecule has 13 heavy (non-hydrogen) atoms. The van der Waals surface area contributed by atoms with E-state index in [4.69, 9.17) is 10.5 Å². The SMILES string of the molecule is Cc1cc(N)nn1C1CCOCC1. The van der Waals surface area contributed by atoms with Gasteiger partial charge in [0.1, 0.15) is 5.82 Å². The molecule has 1 aromatic heterocycles. The summed E-state index contributed by atoms with van der Waals surface area (Å²) in [5.74, 6) is 0.615. The third-order valence-corrected chi connectivity index (χ3v) is 2.48. The number of hydrogen-bond acceptors (Lipinski definition) is 3. The Morgan fingerprint density at radius 2 is 2.23 bits per heavy atom. The molecule has 0 radical (unpaired) electrons. The van der Waals surface area contributed by atoms with E-state index in [0.717, 1.165) is 31.7 Å². The van der Waals surface area contributed by atoms with Gasteiger partial charge in [-0.05, 0) is 19.8 Å². The van der Waals surface area contributed by atoms with Gasteiger partial charge in [-0.25, -0.2) is 0 Å². The van der Waals surface area contributed by atoms with Crippen LogP contribution in [0.2, 0.25) is 0 Å². The summed E-state index contributed by atoms with van der Waals surface area (Å²) >= 11 is 0. The molecule has 0 aromatic carbocycles. The van der Waals surface area contributed by atoms with Crippen LogP contribution in [0.1, 0.15) is 24.6 Å². The fourth-order valence-corrected chi connectivity index (χ4v) is 1.81. The van der Waals surface area contributed by atoms with E-state index in [2.05, 4.69) is 5.10 Å². The first-order valence-corrected chi connectivity index (χ1v) is 4.67. The van der Waals surface area contributed by atoms with E-state index in [9.17, 15) is 0 Å². The number of aromatic nitrogens is 2. The summed E-state index contributed by atoms with van der Waals surface area (Å²) in [6, 6.07) is 2.39. The van der Waals surface area contributed by atoms with Crippen LogP contribution < -0.4 is 5.73 Å². The van der Waals surface area contributed by atoms with Crippen molar-refractivity contribution in [3.63, 3.8) is 0 Å². The second-order valence-electron chi connectivity index (χ2n) is 3.50. The number of nitrogens with zero attached hydrogens (tertiary/aromatic N) is 2. The zero-order chi connectivity index (χ0) is 9.26. The van der Waals surface area contributed by atoms with Crippen LogP contribution in [-0.2, 0) is 4.74 Å². The largest absolute Gasteiger partial charge is 0.382 e. The Bertz CT molecular complexity index is 289. The maximum atomic E-state index is 5.62. The van der Waals surface area contributed by atoms with Crippen LogP contribution in [0, 0.1) is 6.92 Å². The molecule has 4 nitrogen and oxygen atoms in total. The van der Waals surface area contributed by atoms with Crippen molar-refractivity contribution in [3.05, 3.63) is 11.8 Å². The molecule has 1 aromatic rings. The minimum atomic E-state index is 0.478. The van der Waals surface area contributed by atoms with Crippen molar-refractivity contribution in [3.8, 4) is 0 Å². The molecular weight excluding hydrogens is 166 g/mol. The van der Waals surface area contributed by atoms with Gasteiger partial charge in [-0.15, -0.1) is 0 Å². The monoisotopic (exact) mass is 181 g/mol. The molecule has 0 aliphatic carbocycles. The molecular formula is C9H15N3O. The van der Waals surface area contributed by atoms with Gasteiger partial charge in [-0.3, -0.25) is 4.68 Å². The lowest BCUT2D eigenvalue weighted by atomic mass is 10.1. The lowest BCUT2D eigenvalue weighted by Gasteiger charge is -2.23. The molecule has 1 aliphatic heterocycles. The molecule has 4 heteroatoms. The van der Waals surface area contributed by atoms with Crippen molar-refractivity contribution >= 4 is 5.82 Å². The highest BCUT2D eigenvalue weighted by Gasteiger charge is 2.17. The Morgan fingerprint density at radius 3 is 2.77 bits per heavy atom.